The molecule has 2 aromatic heterocycles. The minimum atomic E-state index is -4.68. The van der Waals surface area contributed by atoms with Crippen molar-refractivity contribution in [2.45, 2.75) is 20.0 Å². The molecular weight excluding hydrogens is 483 g/mol. The Balaban J connectivity index is 1.52. The van der Waals surface area contributed by atoms with Crippen molar-refractivity contribution in [3.63, 3.8) is 0 Å². The molecule has 2 amide bonds. The van der Waals surface area contributed by atoms with Crippen LogP contribution in [-0.4, -0.2) is 26.3 Å². The molecule has 10 heteroatoms. The van der Waals surface area contributed by atoms with Gasteiger partial charge in [-0.1, -0.05) is 17.9 Å². The lowest BCUT2D eigenvalue weighted by Crippen LogP contribution is -2.41. The smallest absolute Gasteiger partial charge is 0.306 e. The standard InChI is InChI=1S/C27H19F3N5O2/c1-17-5-7-21(10-20(17)8-6-19-4-3-9-31-14-19)25(36)33-34-26(37)22-11-23(27(28,29)30)13-24(12-22)35-15-18(2)32-16-35/h3-5,7,10-16H,1-2H3,(H,33,36)(H,34,37). The number of halogens is 3. The minimum Gasteiger partial charge on any atom is -0.306 e. The Labute approximate surface area is 210 Å². The number of carbonyl (C=O) groups is 2. The largest absolute Gasteiger partial charge is 0.416 e. The fraction of sp³-hybridized carbons (Fsp3) is 0.111. The zero-order valence-corrected chi connectivity index (χ0v) is 19.6. The summed E-state index contributed by atoms with van der Waals surface area (Å²) in [6, 6.07) is 11.1. The number of alkyl halides is 3. The van der Waals surface area contributed by atoms with E-state index < -0.39 is 23.6 Å². The van der Waals surface area contributed by atoms with Crippen LogP contribution in [0.3, 0.4) is 0 Å². The molecule has 4 rings (SSSR count). The molecule has 7 nitrogen and oxygen atoms in total. The van der Waals surface area contributed by atoms with Crippen molar-refractivity contribution in [1.82, 2.24) is 25.4 Å². The Bertz CT molecular complexity index is 1530. The molecule has 2 heterocycles. The van der Waals surface area contributed by atoms with Crippen LogP contribution in [0.2, 0.25) is 0 Å². The summed E-state index contributed by atoms with van der Waals surface area (Å²) >= 11 is 0. The molecule has 0 aliphatic carbocycles. The molecule has 0 spiro atoms. The minimum absolute atomic E-state index is 0.0974. The maximum absolute atomic E-state index is 13.5. The number of hydrogen-bond donors (Lipinski definition) is 2. The van der Waals surface area contributed by atoms with Crippen LogP contribution in [0.15, 0.2) is 67.3 Å². The molecule has 4 aromatic rings. The highest BCUT2D eigenvalue weighted by atomic mass is 19.4. The number of carbonyl (C=O) groups excluding carboxylic acids is 2. The third-order valence-corrected chi connectivity index (χ3v) is 5.26. The summed E-state index contributed by atoms with van der Waals surface area (Å²) in [6.07, 6.45) is 2.41. The number of hydrogen-bond acceptors (Lipinski definition) is 4. The van der Waals surface area contributed by atoms with E-state index in [1.54, 1.807) is 43.5 Å². The van der Waals surface area contributed by atoms with E-state index in [1.165, 1.54) is 23.2 Å². The van der Waals surface area contributed by atoms with Gasteiger partial charge in [0, 0.05) is 40.3 Å². The number of aryl methyl sites for hydroxylation is 2. The van der Waals surface area contributed by atoms with Crippen LogP contribution in [0.5, 0.6) is 0 Å². The number of benzene rings is 2. The summed E-state index contributed by atoms with van der Waals surface area (Å²) in [6.45, 7) is 3.52. The first-order valence-corrected chi connectivity index (χ1v) is 10.9. The maximum Gasteiger partial charge on any atom is 0.416 e. The molecule has 2 N–H and O–H groups in total. The lowest BCUT2D eigenvalue weighted by Gasteiger charge is -2.13. The number of rotatable bonds is 3. The van der Waals surface area contributed by atoms with Gasteiger partial charge in [-0.3, -0.25) is 25.4 Å². The average Bonchev–Trinajstić information content (AvgIpc) is 3.32. The van der Waals surface area contributed by atoms with Gasteiger partial charge in [0.1, 0.15) is 0 Å². The first-order chi connectivity index (χ1) is 17.6. The van der Waals surface area contributed by atoms with Crippen LogP contribution >= 0.6 is 0 Å². The molecule has 0 aliphatic heterocycles. The van der Waals surface area contributed by atoms with Crippen molar-refractivity contribution in [3.05, 3.63) is 113 Å². The average molecular weight is 502 g/mol. The van der Waals surface area contributed by atoms with Gasteiger partial charge in [0.2, 0.25) is 0 Å². The van der Waals surface area contributed by atoms with E-state index in [0.717, 1.165) is 11.6 Å². The Morgan fingerprint density at radius 3 is 2.38 bits per heavy atom. The second kappa shape index (κ2) is 10.4. The van der Waals surface area contributed by atoms with Gasteiger partial charge >= 0.3 is 6.18 Å². The molecule has 0 bridgehead atoms. The fourth-order valence-electron chi connectivity index (χ4n) is 3.31. The van der Waals surface area contributed by atoms with Crippen LogP contribution in [0.25, 0.3) is 5.69 Å². The lowest BCUT2D eigenvalue weighted by molar-refractivity contribution is -0.137. The third kappa shape index (κ3) is 6.21. The van der Waals surface area contributed by atoms with Crippen molar-refractivity contribution < 1.29 is 22.8 Å². The van der Waals surface area contributed by atoms with E-state index in [1.807, 2.05) is 6.92 Å². The van der Waals surface area contributed by atoms with Gasteiger partial charge in [-0.05, 0) is 61.9 Å². The summed E-state index contributed by atoms with van der Waals surface area (Å²) in [5.74, 6) is 4.34. The van der Waals surface area contributed by atoms with Gasteiger partial charge in [0.25, 0.3) is 11.8 Å². The number of pyridine rings is 1. The van der Waals surface area contributed by atoms with E-state index in [0.29, 0.717) is 22.9 Å². The first-order valence-electron chi connectivity index (χ1n) is 10.9. The van der Waals surface area contributed by atoms with Crippen LogP contribution in [0, 0.1) is 31.9 Å². The summed E-state index contributed by atoms with van der Waals surface area (Å²) in [4.78, 5) is 33.2. The SMILES string of the molecule is Cc1cn(-c2cc(C(=O)NNC(=O)c3ccc(C)c(C#Cc4cc[c]nc4)c3)cc(C(F)(F)F)c2)cn1. The molecule has 0 atom stereocenters. The number of nitrogens with zero attached hydrogens (tertiary/aromatic N) is 3. The number of hydrazine groups is 1. The Kier molecular flexibility index (Phi) is 7.06. The lowest BCUT2D eigenvalue weighted by atomic mass is 10.0. The van der Waals surface area contributed by atoms with E-state index in [2.05, 4.69) is 38.9 Å². The molecule has 1 radical (unpaired) electrons. The van der Waals surface area contributed by atoms with Gasteiger partial charge < -0.3 is 4.57 Å². The molecular formula is C27H19F3N5O2. The van der Waals surface area contributed by atoms with Crippen molar-refractivity contribution in [2.75, 3.05) is 0 Å². The van der Waals surface area contributed by atoms with Crippen molar-refractivity contribution in [2.24, 2.45) is 0 Å². The first kappa shape index (κ1) is 25.2. The number of nitrogens with one attached hydrogen (secondary N) is 2. The van der Waals surface area contributed by atoms with Gasteiger partial charge in [0.15, 0.2) is 0 Å². The number of aromatic nitrogens is 3. The second-order valence-electron chi connectivity index (χ2n) is 8.05. The van der Waals surface area contributed by atoms with Crippen molar-refractivity contribution >= 4 is 11.8 Å². The molecule has 37 heavy (non-hydrogen) atoms. The Morgan fingerprint density at radius 2 is 1.73 bits per heavy atom. The van der Waals surface area contributed by atoms with E-state index in [9.17, 15) is 22.8 Å². The predicted octanol–water partition coefficient (Wildman–Crippen LogP) is 4.18. The van der Waals surface area contributed by atoms with Crippen LogP contribution < -0.4 is 10.9 Å². The maximum atomic E-state index is 13.5. The zero-order chi connectivity index (χ0) is 26.6. The highest BCUT2D eigenvalue weighted by Gasteiger charge is 2.32. The predicted molar refractivity (Wildman–Crippen MR) is 128 cm³/mol. The Morgan fingerprint density at radius 1 is 0.973 bits per heavy atom. The highest BCUT2D eigenvalue weighted by molar-refractivity contribution is 5.99. The van der Waals surface area contributed by atoms with Crippen molar-refractivity contribution in [3.8, 4) is 17.5 Å². The summed E-state index contributed by atoms with van der Waals surface area (Å²) < 4.78 is 41.8. The normalized spacial score (nSPS) is 10.8. The van der Waals surface area contributed by atoms with Gasteiger partial charge in [0.05, 0.1) is 23.8 Å². The monoisotopic (exact) mass is 502 g/mol. The quantitative estimate of drug-likeness (QED) is 0.325. The molecule has 0 saturated carbocycles. The zero-order valence-electron chi connectivity index (χ0n) is 19.6. The number of imidazole rings is 1. The van der Waals surface area contributed by atoms with Crippen LogP contribution in [0.4, 0.5) is 13.2 Å². The molecule has 0 aliphatic rings. The molecule has 0 saturated heterocycles. The summed E-state index contributed by atoms with van der Waals surface area (Å²) in [5.41, 5.74) is 6.09. The Hall–Kier alpha value is -4.91. The fourth-order valence-corrected chi connectivity index (χ4v) is 3.31. The number of amides is 2. The molecule has 2 aromatic carbocycles. The highest BCUT2D eigenvalue weighted by Crippen LogP contribution is 2.31. The second-order valence-corrected chi connectivity index (χ2v) is 8.05. The van der Waals surface area contributed by atoms with E-state index in [-0.39, 0.29) is 16.8 Å². The summed E-state index contributed by atoms with van der Waals surface area (Å²) in [5, 5.41) is 0. The van der Waals surface area contributed by atoms with Gasteiger partial charge in [-0.2, -0.15) is 13.2 Å². The van der Waals surface area contributed by atoms with Crippen LogP contribution in [0.1, 0.15) is 48.7 Å². The molecule has 185 valence electrons. The van der Waals surface area contributed by atoms with Gasteiger partial charge in [-0.15, -0.1) is 0 Å². The molecule has 0 fully saturated rings. The van der Waals surface area contributed by atoms with Crippen LogP contribution in [-0.2, 0) is 6.18 Å². The van der Waals surface area contributed by atoms with Gasteiger partial charge in [-0.25, -0.2) is 4.98 Å². The molecule has 0 unspecified atom stereocenters. The van der Waals surface area contributed by atoms with E-state index in [4.69, 9.17) is 0 Å². The van der Waals surface area contributed by atoms with E-state index >= 15 is 0 Å². The van der Waals surface area contributed by atoms with Crippen molar-refractivity contribution in [1.29, 1.82) is 0 Å². The summed E-state index contributed by atoms with van der Waals surface area (Å²) in [7, 11) is 0. The third-order valence-electron chi connectivity index (χ3n) is 5.26. The topological polar surface area (TPSA) is 88.9 Å².